The summed E-state index contributed by atoms with van der Waals surface area (Å²) in [6, 6.07) is 9.38. The number of anilines is 1. The number of rotatable bonds is 5. The molecule has 0 aliphatic carbocycles. The highest BCUT2D eigenvalue weighted by Crippen LogP contribution is 2.30. The smallest absolute Gasteiger partial charge is 0.162 e. The molecule has 1 aliphatic heterocycles. The highest BCUT2D eigenvalue weighted by Gasteiger charge is 2.23. The van der Waals surface area contributed by atoms with E-state index in [1.165, 1.54) is 0 Å². The molecule has 4 rings (SSSR count). The summed E-state index contributed by atoms with van der Waals surface area (Å²) in [5.41, 5.74) is 1.42. The number of piperidine rings is 1. The molecule has 0 saturated carbocycles. The molecule has 0 radical (unpaired) electrons. The van der Waals surface area contributed by atoms with Gasteiger partial charge in [-0.2, -0.15) is 5.26 Å². The summed E-state index contributed by atoms with van der Waals surface area (Å²) in [6.07, 6.45) is 5.70. The first-order valence-corrected chi connectivity index (χ1v) is 9.02. The quantitative estimate of drug-likeness (QED) is 0.749. The number of hydrogen-bond acceptors (Lipinski definition) is 6. The van der Waals surface area contributed by atoms with E-state index in [0.29, 0.717) is 29.6 Å². The van der Waals surface area contributed by atoms with Crippen LogP contribution in [-0.4, -0.2) is 41.8 Å². The van der Waals surface area contributed by atoms with Gasteiger partial charge < -0.3 is 19.4 Å². The highest BCUT2D eigenvalue weighted by molar-refractivity contribution is 5.87. The number of hydrogen-bond donors (Lipinski definition) is 1. The second-order valence-corrected chi connectivity index (χ2v) is 6.68. The van der Waals surface area contributed by atoms with Gasteiger partial charge in [-0.25, -0.2) is 9.97 Å². The third-order valence-electron chi connectivity index (χ3n) is 4.92. The minimum absolute atomic E-state index is 0.392. The normalized spacial score (nSPS) is 16.9. The topological polar surface area (TPSA) is 87.1 Å². The summed E-state index contributed by atoms with van der Waals surface area (Å²) in [7, 11) is 1.59. The fraction of sp³-hybridized carbons (Fsp3) is 0.350. The zero-order chi connectivity index (χ0) is 18.6. The maximum Gasteiger partial charge on any atom is 0.162 e. The van der Waals surface area contributed by atoms with Gasteiger partial charge in [0.25, 0.3) is 0 Å². The number of ether oxygens (including phenoxy) is 2. The Bertz CT molecular complexity index is 978. The number of aromatic amines is 1. The number of aromatic nitrogens is 3. The maximum absolute atomic E-state index is 9.01. The van der Waals surface area contributed by atoms with Crippen molar-refractivity contribution < 1.29 is 9.47 Å². The van der Waals surface area contributed by atoms with Gasteiger partial charge in [0.15, 0.2) is 11.5 Å². The fourth-order valence-electron chi connectivity index (χ4n) is 3.57. The minimum atomic E-state index is 0.392. The molecule has 0 spiro atoms. The molecule has 3 heterocycles. The van der Waals surface area contributed by atoms with E-state index in [1.54, 1.807) is 31.6 Å². The predicted octanol–water partition coefficient (Wildman–Crippen LogP) is 3.13. The summed E-state index contributed by atoms with van der Waals surface area (Å²) in [6.45, 7) is 2.46. The van der Waals surface area contributed by atoms with E-state index in [-0.39, 0.29) is 0 Å². The van der Waals surface area contributed by atoms with Crippen LogP contribution in [-0.2, 0) is 0 Å². The van der Waals surface area contributed by atoms with E-state index < -0.39 is 0 Å². The van der Waals surface area contributed by atoms with Crippen LogP contribution in [0.15, 0.2) is 36.8 Å². The minimum Gasteiger partial charge on any atom is -0.493 e. The van der Waals surface area contributed by atoms with Gasteiger partial charge in [0.1, 0.15) is 17.8 Å². The zero-order valence-corrected chi connectivity index (χ0v) is 15.2. The lowest BCUT2D eigenvalue weighted by atomic mass is 9.99. The van der Waals surface area contributed by atoms with E-state index >= 15 is 0 Å². The third-order valence-corrected chi connectivity index (χ3v) is 4.92. The number of nitrogens with zero attached hydrogens (tertiary/aromatic N) is 4. The first-order chi connectivity index (χ1) is 13.3. The van der Waals surface area contributed by atoms with Gasteiger partial charge in [0, 0.05) is 31.3 Å². The van der Waals surface area contributed by atoms with Crippen molar-refractivity contribution in [2.24, 2.45) is 5.92 Å². The Morgan fingerprint density at radius 2 is 2.22 bits per heavy atom. The first kappa shape index (κ1) is 17.2. The molecule has 3 aromatic rings. The number of nitriles is 1. The standard InChI is InChI=1S/C20H21N5O2/c1-26-18-9-14(10-21)4-5-17(18)27-12-15-3-2-8-25(11-15)20-16-6-7-22-19(16)23-13-24-20/h4-7,9,13,15H,2-3,8,11-12H2,1H3,(H,22,23,24). The molecule has 27 heavy (non-hydrogen) atoms. The van der Waals surface area contributed by atoms with Gasteiger partial charge in [-0.15, -0.1) is 0 Å². The van der Waals surface area contributed by atoms with E-state index in [2.05, 4.69) is 25.9 Å². The molecular weight excluding hydrogens is 342 g/mol. The first-order valence-electron chi connectivity index (χ1n) is 9.02. The molecule has 1 atom stereocenters. The van der Waals surface area contributed by atoms with Crippen LogP contribution in [0.4, 0.5) is 5.82 Å². The summed E-state index contributed by atoms with van der Waals surface area (Å²) < 4.78 is 11.4. The van der Waals surface area contributed by atoms with Crippen LogP contribution < -0.4 is 14.4 Å². The van der Waals surface area contributed by atoms with E-state index in [0.717, 1.165) is 42.8 Å². The van der Waals surface area contributed by atoms with Crippen LogP contribution in [0.2, 0.25) is 0 Å². The number of methoxy groups -OCH3 is 1. The Labute approximate surface area is 157 Å². The van der Waals surface area contributed by atoms with Gasteiger partial charge in [-0.05, 0) is 31.0 Å². The molecular formula is C20H21N5O2. The molecule has 0 bridgehead atoms. The maximum atomic E-state index is 9.01. The molecule has 0 amide bonds. The second-order valence-electron chi connectivity index (χ2n) is 6.68. The molecule has 7 nitrogen and oxygen atoms in total. The van der Waals surface area contributed by atoms with Crippen molar-refractivity contribution in [3.63, 3.8) is 0 Å². The Morgan fingerprint density at radius 3 is 3.07 bits per heavy atom. The van der Waals surface area contributed by atoms with Crippen LogP contribution in [0.3, 0.4) is 0 Å². The van der Waals surface area contributed by atoms with Gasteiger partial charge in [-0.3, -0.25) is 0 Å². The Kier molecular flexibility index (Phi) is 4.79. The van der Waals surface area contributed by atoms with Gasteiger partial charge in [0.05, 0.1) is 30.7 Å². The van der Waals surface area contributed by atoms with Crippen LogP contribution in [0, 0.1) is 17.2 Å². The van der Waals surface area contributed by atoms with Gasteiger partial charge in [0.2, 0.25) is 0 Å². The van der Waals surface area contributed by atoms with Crippen LogP contribution in [0.5, 0.6) is 11.5 Å². The van der Waals surface area contributed by atoms with Crippen molar-refractivity contribution in [3.8, 4) is 17.6 Å². The van der Waals surface area contributed by atoms with E-state index in [4.69, 9.17) is 14.7 Å². The lowest BCUT2D eigenvalue weighted by Crippen LogP contribution is -2.38. The molecule has 2 aromatic heterocycles. The Balaban J connectivity index is 1.45. The number of fused-ring (bicyclic) bond motifs is 1. The number of benzene rings is 1. The predicted molar refractivity (Wildman–Crippen MR) is 102 cm³/mol. The molecule has 1 aromatic carbocycles. The Hall–Kier alpha value is -3.27. The lowest BCUT2D eigenvalue weighted by molar-refractivity contribution is 0.220. The molecule has 7 heteroatoms. The second kappa shape index (κ2) is 7.54. The van der Waals surface area contributed by atoms with Crippen molar-refractivity contribution >= 4 is 16.9 Å². The summed E-state index contributed by atoms with van der Waals surface area (Å²) in [5.74, 6) is 2.63. The molecule has 1 fully saturated rings. The molecule has 138 valence electrons. The number of H-pyrrole nitrogens is 1. The summed E-state index contributed by atoms with van der Waals surface area (Å²) >= 11 is 0. The van der Waals surface area contributed by atoms with E-state index in [1.807, 2.05) is 12.3 Å². The highest BCUT2D eigenvalue weighted by atomic mass is 16.5. The SMILES string of the molecule is COc1cc(C#N)ccc1OCC1CCCN(c2ncnc3[nH]ccc23)C1. The number of nitrogens with one attached hydrogen (secondary N) is 1. The van der Waals surface area contributed by atoms with Crippen molar-refractivity contribution in [1.82, 2.24) is 15.0 Å². The average Bonchev–Trinajstić information content (AvgIpc) is 3.21. The van der Waals surface area contributed by atoms with Crippen molar-refractivity contribution in [2.75, 3.05) is 31.7 Å². The van der Waals surface area contributed by atoms with E-state index in [9.17, 15) is 0 Å². The van der Waals surface area contributed by atoms with Crippen LogP contribution in [0.25, 0.3) is 11.0 Å². The Morgan fingerprint density at radius 1 is 1.30 bits per heavy atom. The van der Waals surface area contributed by atoms with Gasteiger partial charge in [-0.1, -0.05) is 0 Å². The van der Waals surface area contributed by atoms with Crippen LogP contribution >= 0.6 is 0 Å². The monoisotopic (exact) mass is 363 g/mol. The van der Waals surface area contributed by atoms with Crippen molar-refractivity contribution in [1.29, 1.82) is 5.26 Å². The molecule has 1 unspecified atom stereocenters. The average molecular weight is 363 g/mol. The lowest BCUT2D eigenvalue weighted by Gasteiger charge is -2.33. The van der Waals surface area contributed by atoms with Crippen molar-refractivity contribution in [3.05, 3.63) is 42.4 Å². The fourth-order valence-corrected chi connectivity index (χ4v) is 3.57. The molecule has 1 N–H and O–H groups in total. The molecule has 1 saturated heterocycles. The summed E-state index contributed by atoms with van der Waals surface area (Å²) in [4.78, 5) is 14.2. The third kappa shape index (κ3) is 3.51. The largest absolute Gasteiger partial charge is 0.493 e. The van der Waals surface area contributed by atoms with Crippen LogP contribution in [0.1, 0.15) is 18.4 Å². The molecule has 1 aliphatic rings. The van der Waals surface area contributed by atoms with Crippen molar-refractivity contribution in [2.45, 2.75) is 12.8 Å². The summed E-state index contributed by atoms with van der Waals surface area (Å²) in [5, 5.41) is 10.1. The zero-order valence-electron chi connectivity index (χ0n) is 15.2. The van der Waals surface area contributed by atoms with Gasteiger partial charge >= 0.3 is 0 Å².